The van der Waals surface area contributed by atoms with E-state index < -0.39 is 23.5 Å². The molecule has 33 heavy (non-hydrogen) atoms. The fourth-order valence-corrected chi connectivity index (χ4v) is 4.83. The van der Waals surface area contributed by atoms with Crippen LogP contribution in [0.2, 0.25) is 0 Å². The molecule has 1 amide bonds. The number of aliphatic hydroxyl groups is 1. The monoisotopic (exact) mass is 456 g/mol. The lowest BCUT2D eigenvalue weighted by Gasteiger charge is -2.44. The van der Waals surface area contributed by atoms with E-state index >= 15 is 0 Å². The minimum Gasteiger partial charge on any atom is -0.394 e. The Bertz CT molecular complexity index is 1130. The number of nitrogens with zero attached hydrogens (tertiary/aromatic N) is 4. The van der Waals surface area contributed by atoms with Gasteiger partial charge in [-0.1, -0.05) is 12.1 Å². The van der Waals surface area contributed by atoms with E-state index in [-0.39, 0.29) is 12.5 Å². The highest BCUT2D eigenvalue weighted by atomic mass is 19.1. The summed E-state index contributed by atoms with van der Waals surface area (Å²) in [7, 11) is 0. The van der Waals surface area contributed by atoms with Crippen molar-refractivity contribution in [2.75, 3.05) is 32.8 Å². The standard InChI is InChI=1S/C24H23F3N4O2/c25-17-3-1-16(2-4-17)22(14-32)31-23(33)20-13-29(12-15-9-18(26)11-19(27)10-15)7-5-21(20)30-8-6-28-24(30)31/h1-4,9-11,22,32H,5-8,12-14H2/t22-/m1/s1. The van der Waals surface area contributed by atoms with Gasteiger partial charge in [-0.2, -0.15) is 0 Å². The van der Waals surface area contributed by atoms with Gasteiger partial charge in [-0.25, -0.2) is 13.2 Å². The molecule has 0 aromatic heterocycles. The number of benzene rings is 2. The molecule has 3 heterocycles. The zero-order valence-corrected chi connectivity index (χ0v) is 17.8. The third kappa shape index (κ3) is 4.02. The molecule has 6 nitrogen and oxygen atoms in total. The van der Waals surface area contributed by atoms with Gasteiger partial charge in [0, 0.05) is 44.4 Å². The molecule has 2 aromatic rings. The molecule has 0 bridgehead atoms. The first-order chi connectivity index (χ1) is 15.9. The van der Waals surface area contributed by atoms with Gasteiger partial charge in [0.05, 0.1) is 24.8 Å². The van der Waals surface area contributed by atoms with Crippen molar-refractivity contribution < 1.29 is 23.1 Å². The van der Waals surface area contributed by atoms with Crippen molar-refractivity contribution in [3.05, 3.63) is 82.3 Å². The first kappa shape index (κ1) is 21.7. The van der Waals surface area contributed by atoms with E-state index in [2.05, 4.69) is 4.99 Å². The number of halogens is 3. The van der Waals surface area contributed by atoms with Gasteiger partial charge in [-0.15, -0.1) is 0 Å². The molecule has 0 radical (unpaired) electrons. The van der Waals surface area contributed by atoms with Crippen molar-refractivity contribution in [3.63, 3.8) is 0 Å². The summed E-state index contributed by atoms with van der Waals surface area (Å²) in [6.45, 7) is 2.07. The number of guanidine groups is 1. The number of hydrogen-bond acceptors (Lipinski definition) is 5. The second-order valence-electron chi connectivity index (χ2n) is 8.42. The van der Waals surface area contributed by atoms with Gasteiger partial charge >= 0.3 is 0 Å². The third-order valence-electron chi connectivity index (χ3n) is 6.30. The van der Waals surface area contributed by atoms with Crippen molar-refractivity contribution in [1.29, 1.82) is 0 Å². The molecular formula is C24H23F3N4O2. The molecule has 1 atom stereocenters. The van der Waals surface area contributed by atoms with Crippen molar-refractivity contribution in [2.24, 2.45) is 4.99 Å². The largest absolute Gasteiger partial charge is 0.394 e. The number of aliphatic imine (C=N–C) groups is 1. The summed E-state index contributed by atoms with van der Waals surface area (Å²) in [6, 6.07) is 8.42. The summed E-state index contributed by atoms with van der Waals surface area (Å²) in [5.74, 6) is -1.43. The Morgan fingerprint density at radius 3 is 2.42 bits per heavy atom. The highest BCUT2D eigenvalue weighted by molar-refractivity contribution is 6.10. The van der Waals surface area contributed by atoms with E-state index in [1.54, 1.807) is 12.1 Å². The first-order valence-electron chi connectivity index (χ1n) is 10.9. The van der Waals surface area contributed by atoms with Crippen LogP contribution in [0.1, 0.15) is 23.6 Å². The molecule has 1 N–H and O–H groups in total. The Morgan fingerprint density at radius 1 is 1.00 bits per heavy atom. The van der Waals surface area contributed by atoms with E-state index in [4.69, 9.17) is 0 Å². The van der Waals surface area contributed by atoms with E-state index in [9.17, 15) is 23.1 Å². The minimum absolute atomic E-state index is 0.264. The lowest BCUT2D eigenvalue weighted by molar-refractivity contribution is -0.127. The van der Waals surface area contributed by atoms with Crippen LogP contribution in [0.5, 0.6) is 0 Å². The molecule has 0 fully saturated rings. The van der Waals surface area contributed by atoms with Gasteiger partial charge < -0.3 is 10.0 Å². The van der Waals surface area contributed by atoms with E-state index in [0.717, 1.165) is 11.8 Å². The van der Waals surface area contributed by atoms with E-state index in [1.165, 1.54) is 29.2 Å². The molecule has 3 aliphatic rings. The Kier molecular flexibility index (Phi) is 5.67. The SMILES string of the molecule is O=C1C2=C(CCN(Cc3cc(F)cc(F)c3)C2)N2CCN=C2N1[C@H](CO)c1ccc(F)cc1. The molecule has 0 aliphatic carbocycles. The lowest BCUT2D eigenvalue weighted by Crippen LogP contribution is -2.55. The molecule has 9 heteroatoms. The van der Waals surface area contributed by atoms with Gasteiger partial charge in [0.1, 0.15) is 17.5 Å². The van der Waals surface area contributed by atoms with E-state index in [0.29, 0.717) is 61.8 Å². The van der Waals surface area contributed by atoms with Gasteiger partial charge in [-0.3, -0.25) is 19.6 Å². The average molecular weight is 456 g/mol. The fourth-order valence-electron chi connectivity index (χ4n) is 4.83. The van der Waals surface area contributed by atoms with Crippen molar-refractivity contribution in [2.45, 2.75) is 19.0 Å². The number of fused-ring (bicyclic) bond motifs is 2. The number of carbonyl (C=O) groups is 1. The summed E-state index contributed by atoms with van der Waals surface area (Å²) in [4.78, 5) is 23.7. The van der Waals surface area contributed by atoms with Gasteiger partial charge in [0.25, 0.3) is 5.91 Å². The Balaban J connectivity index is 1.45. The Labute approximate surface area is 189 Å². The first-order valence-corrected chi connectivity index (χ1v) is 10.9. The van der Waals surface area contributed by atoms with Crippen LogP contribution in [0.3, 0.4) is 0 Å². The van der Waals surface area contributed by atoms with Gasteiger partial charge in [0.2, 0.25) is 5.96 Å². The predicted molar refractivity (Wildman–Crippen MR) is 115 cm³/mol. The molecule has 2 aromatic carbocycles. The predicted octanol–water partition coefficient (Wildman–Crippen LogP) is 2.81. The molecule has 172 valence electrons. The zero-order chi connectivity index (χ0) is 23.1. The van der Waals surface area contributed by atoms with E-state index in [1.807, 2.05) is 9.80 Å². The molecule has 0 unspecified atom stereocenters. The summed E-state index contributed by atoms with van der Waals surface area (Å²) in [6.07, 6.45) is 0.603. The topological polar surface area (TPSA) is 59.4 Å². The second-order valence-corrected chi connectivity index (χ2v) is 8.42. The molecule has 0 spiro atoms. The summed E-state index contributed by atoms with van der Waals surface area (Å²) < 4.78 is 40.7. The van der Waals surface area contributed by atoms with Crippen LogP contribution in [0.15, 0.2) is 58.7 Å². The van der Waals surface area contributed by atoms with Crippen molar-refractivity contribution in [3.8, 4) is 0 Å². The number of rotatable bonds is 5. The number of amides is 1. The van der Waals surface area contributed by atoms with Crippen molar-refractivity contribution >= 4 is 11.9 Å². The molecule has 3 aliphatic heterocycles. The maximum atomic E-state index is 13.7. The summed E-state index contributed by atoms with van der Waals surface area (Å²) in [5, 5.41) is 10.2. The number of aliphatic hydroxyl groups excluding tert-OH is 1. The molecule has 0 saturated carbocycles. The van der Waals surface area contributed by atoms with Crippen LogP contribution in [0, 0.1) is 17.5 Å². The quantitative estimate of drug-likeness (QED) is 0.752. The molecular weight excluding hydrogens is 433 g/mol. The van der Waals surface area contributed by atoms with Crippen molar-refractivity contribution in [1.82, 2.24) is 14.7 Å². The van der Waals surface area contributed by atoms with Gasteiger partial charge in [-0.05, 0) is 35.4 Å². The zero-order valence-electron chi connectivity index (χ0n) is 17.8. The highest BCUT2D eigenvalue weighted by Gasteiger charge is 2.44. The van der Waals surface area contributed by atoms with Crippen LogP contribution >= 0.6 is 0 Å². The summed E-state index contributed by atoms with van der Waals surface area (Å²) in [5.41, 5.74) is 2.60. The fraction of sp³-hybridized carbons (Fsp3) is 0.333. The third-order valence-corrected chi connectivity index (χ3v) is 6.30. The maximum absolute atomic E-state index is 13.7. The number of hydrogen-bond donors (Lipinski definition) is 1. The summed E-state index contributed by atoms with van der Waals surface area (Å²) >= 11 is 0. The Hall–Kier alpha value is -3.17. The normalized spacial score (nSPS) is 19.5. The van der Waals surface area contributed by atoms with Crippen LogP contribution in [0.4, 0.5) is 13.2 Å². The van der Waals surface area contributed by atoms with Gasteiger partial charge in [0.15, 0.2) is 0 Å². The highest BCUT2D eigenvalue weighted by Crippen LogP contribution is 2.35. The number of carbonyl (C=O) groups excluding carboxylic acids is 1. The smallest absolute Gasteiger partial charge is 0.260 e. The van der Waals surface area contributed by atoms with Crippen LogP contribution < -0.4 is 0 Å². The Morgan fingerprint density at radius 2 is 1.73 bits per heavy atom. The van der Waals surface area contributed by atoms with Crippen LogP contribution in [0.25, 0.3) is 0 Å². The molecule has 5 rings (SSSR count). The van der Waals surface area contributed by atoms with Crippen LogP contribution in [-0.4, -0.2) is 64.5 Å². The minimum atomic E-state index is -0.709. The molecule has 0 saturated heterocycles. The maximum Gasteiger partial charge on any atom is 0.260 e. The van der Waals surface area contributed by atoms with Crippen LogP contribution in [-0.2, 0) is 11.3 Å². The second kappa shape index (κ2) is 8.64. The average Bonchev–Trinajstić information content (AvgIpc) is 3.26. The lowest BCUT2D eigenvalue weighted by atomic mass is 9.97.